The Kier molecular flexibility index (Phi) is 5.41. The van der Waals surface area contributed by atoms with Crippen LogP contribution in [0.25, 0.3) is 0 Å². The maximum absolute atomic E-state index is 6.33. The highest BCUT2D eigenvalue weighted by atomic mass is 79.9. The van der Waals surface area contributed by atoms with Crippen LogP contribution in [0.3, 0.4) is 0 Å². The summed E-state index contributed by atoms with van der Waals surface area (Å²) in [5, 5.41) is 1.25. The highest BCUT2D eigenvalue weighted by Gasteiger charge is 2.34. The smallest absolute Gasteiger partial charge is 0.138 e. The van der Waals surface area contributed by atoms with Crippen molar-refractivity contribution in [1.82, 2.24) is 0 Å². The normalized spacial score (nSPS) is 24.5. The molecule has 0 bridgehead atoms. The molecular weight excluding hydrogens is 351 g/mol. The van der Waals surface area contributed by atoms with Crippen molar-refractivity contribution in [3.63, 3.8) is 0 Å². The van der Waals surface area contributed by atoms with Gasteiger partial charge in [0.15, 0.2) is 0 Å². The highest BCUT2D eigenvalue weighted by molar-refractivity contribution is 9.09. The van der Waals surface area contributed by atoms with E-state index in [2.05, 4.69) is 22.9 Å². The first-order valence-electron chi connectivity index (χ1n) is 6.37. The third kappa shape index (κ3) is 3.21. The topological polar surface area (TPSA) is 18.5 Å². The van der Waals surface area contributed by atoms with E-state index in [-0.39, 0.29) is 10.9 Å². The average Bonchev–Trinajstić information content (AvgIpc) is 2.88. The Morgan fingerprint density at radius 3 is 2.79 bits per heavy atom. The van der Waals surface area contributed by atoms with Crippen molar-refractivity contribution in [3.05, 3.63) is 27.7 Å². The van der Waals surface area contributed by atoms with Gasteiger partial charge >= 0.3 is 0 Å². The summed E-state index contributed by atoms with van der Waals surface area (Å²) in [6.07, 6.45) is 2.32. The van der Waals surface area contributed by atoms with Crippen LogP contribution in [0, 0.1) is 5.92 Å². The number of methoxy groups -OCH3 is 1. The maximum Gasteiger partial charge on any atom is 0.138 e. The van der Waals surface area contributed by atoms with E-state index in [1.54, 1.807) is 13.2 Å². The van der Waals surface area contributed by atoms with Gasteiger partial charge in [-0.05, 0) is 24.5 Å². The summed E-state index contributed by atoms with van der Waals surface area (Å²) in [5.41, 5.74) is 1.00. The van der Waals surface area contributed by atoms with E-state index in [4.69, 9.17) is 32.7 Å². The molecule has 3 unspecified atom stereocenters. The SMILES string of the molecule is CCC1OCCC1C(Br)c1cc(Cl)c(OC)cc1Cl. The van der Waals surface area contributed by atoms with Crippen molar-refractivity contribution >= 4 is 39.1 Å². The van der Waals surface area contributed by atoms with Gasteiger partial charge in [0.25, 0.3) is 0 Å². The van der Waals surface area contributed by atoms with Crippen LogP contribution in [0.2, 0.25) is 10.0 Å². The third-order valence-corrected chi connectivity index (χ3v) is 5.40. The number of alkyl halides is 1. The van der Waals surface area contributed by atoms with E-state index in [1.165, 1.54) is 0 Å². The monoisotopic (exact) mass is 366 g/mol. The molecule has 1 saturated heterocycles. The Hall–Kier alpha value is 0.0400. The molecule has 1 fully saturated rings. The molecule has 1 aliphatic heterocycles. The molecule has 0 aliphatic carbocycles. The lowest BCUT2D eigenvalue weighted by Gasteiger charge is -2.24. The maximum atomic E-state index is 6.33. The third-order valence-electron chi connectivity index (χ3n) is 3.61. The van der Waals surface area contributed by atoms with Gasteiger partial charge in [-0.3, -0.25) is 0 Å². The van der Waals surface area contributed by atoms with Crippen LogP contribution in [0.15, 0.2) is 12.1 Å². The number of hydrogen-bond donors (Lipinski definition) is 0. The van der Waals surface area contributed by atoms with Gasteiger partial charge in [-0.1, -0.05) is 46.1 Å². The second-order valence-electron chi connectivity index (χ2n) is 4.68. The summed E-state index contributed by atoms with van der Waals surface area (Å²) >= 11 is 16.3. The van der Waals surface area contributed by atoms with Gasteiger partial charge in [0.1, 0.15) is 5.75 Å². The molecule has 0 N–H and O–H groups in total. The first-order valence-corrected chi connectivity index (χ1v) is 8.04. The second kappa shape index (κ2) is 6.66. The van der Waals surface area contributed by atoms with Gasteiger partial charge in [-0.15, -0.1) is 0 Å². The second-order valence-corrected chi connectivity index (χ2v) is 6.48. The molecular formula is C14H17BrCl2O2. The Balaban J connectivity index is 2.28. The van der Waals surface area contributed by atoms with Crippen LogP contribution in [-0.2, 0) is 4.74 Å². The molecule has 0 amide bonds. The van der Waals surface area contributed by atoms with Gasteiger partial charge < -0.3 is 9.47 Å². The Morgan fingerprint density at radius 1 is 1.42 bits per heavy atom. The largest absolute Gasteiger partial charge is 0.495 e. The molecule has 1 aliphatic rings. The van der Waals surface area contributed by atoms with E-state index >= 15 is 0 Å². The zero-order valence-electron chi connectivity index (χ0n) is 11.0. The first kappa shape index (κ1) is 15.4. The zero-order valence-corrected chi connectivity index (χ0v) is 14.1. The molecule has 1 heterocycles. The van der Waals surface area contributed by atoms with Crippen LogP contribution >= 0.6 is 39.1 Å². The molecule has 1 aromatic rings. The van der Waals surface area contributed by atoms with Crippen LogP contribution in [0.1, 0.15) is 30.2 Å². The minimum Gasteiger partial charge on any atom is -0.495 e. The minimum atomic E-state index is 0.149. The van der Waals surface area contributed by atoms with Crippen molar-refractivity contribution in [2.75, 3.05) is 13.7 Å². The number of rotatable bonds is 4. The Bertz CT molecular complexity index is 453. The zero-order chi connectivity index (χ0) is 14.0. The lowest BCUT2D eigenvalue weighted by atomic mass is 9.91. The summed E-state index contributed by atoms with van der Waals surface area (Å²) in [7, 11) is 1.58. The average molecular weight is 368 g/mol. The highest BCUT2D eigenvalue weighted by Crippen LogP contribution is 2.45. The molecule has 106 valence electrons. The number of hydrogen-bond acceptors (Lipinski definition) is 2. The lowest BCUT2D eigenvalue weighted by molar-refractivity contribution is 0.0873. The quantitative estimate of drug-likeness (QED) is 0.676. The fourth-order valence-electron chi connectivity index (χ4n) is 2.56. The molecule has 2 rings (SSSR count). The van der Waals surface area contributed by atoms with Gasteiger partial charge in [-0.2, -0.15) is 0 Å². The van der Waals surface area contributed by atoms with E-state index in [1.807, 2.05) is 6.07 Å². The molecule has 1 aromatic carbocycles. The van der Waals surface area contributed by atoms with E-state index in [9.17, 15) is 0 Å². The molecule has 5 heteroatoms. The molecule has 0 saturated carbocycles. The van der Waals surface area contributed by atoms with Gasteiger partial charge in [0.05, 0.1) is 18.2 Å². The van der Waals surface area contributed by atoms with E-state index in [0.29, 0.717) is 21.7 Å². The van der Waals surface area contributed by atoms with E-state index in [0.717, 1.165) is 25.0 Å². The molecule has 0 aromatic heterocycles. The van der Waals surface area contributed by atoms with Crippen molar-refractivity contribution in [1.29, 1.82) is 0 Å². The molecule has 2 nitrogen and oxygen atoms in total. The van der Waals surface area contributed by atoms with Gasteiger partial charge in [0, 0.05) is 28.4 Å². The van der Waals surface area contributed by atoms with Crippen LogP contribution < -0.4 is 4.74 Å². The summed E-state index contributed by atoms with van der Waals surface area (Å²) in [6.45, 7) is 2.96. The van der Waals surface area contributed by atoms with Crippen molar-refractivity contribution in [3.8, 4) is 5.75 Å². The van der Waals surface area contributed by atoms with Crippen LogP contribution in [0.4, 0.5) is 0 Å². The van der Waals surface area contributed by atoms with Crippen LogP contribution in [0.5, 0.6) is 5.75 Å². The number of benzene rings is 1. The summed E-state index contributed by atoms with van der Waals surface area (Å²) in [4.78, 5) is 0.149. The number of ether oxygens (including phenoxy) is 2. The fraction of sp³-hybridized carbons (Fsp3) is 0.571. The summed E-state index contributed by atoms with van der Waals surface area (Å²) in [6, 6.07) is 3.65. The standard InChI is InChI=1S/C14H17BrCl2O2/c1-3-12-8(4-5-19-12)14(15)9-6-11(17)13(18-2)7-10(9)16/h6-8,12,14H,3-5H2,1-2H3. The van der Waals surface area contributed by atoms with Crippen LogP contribution in [-0.4, -0.2) is 19.8 Å². The molecule has 0 radical (unpaired) electrons. The van der Waals surface area contributed by atoms with Crippen molar-refractivity contribution in [2.24, 2.45) is 5.92 Å². The summed E-state index contributed by atoms with van der Waals surface area (Å²) < 4.78 is 10.9. The molecule has 0 spiro atoms. The Labute approximate surface area is 132 Å². The predicted molar refractivity (Wildman–Crippen MR) is 82.8 cm³/mol. The summed E-state index contributed by atoms with van der Waals surface area (Å²) in [5.74, 6) is 1.02. The minimum absolute atomic E-state index is 0.149. The van der Waals surface area contributed by atoms with Gasteiger partial charge in [0.2, 0.25) is 0 Å². The number of halogens is 3. The van der Waals surface area contributed by atoms with E-state index < -0.39 is 0 Å². The molecule has 19 heavy (non-hydrogen) atoms. The van der Waals surface area contributed by atoms with Gasteiger partial charge in [-0.25, -0.2) is 0 Å². The lowest BCUT2D eigenvalue weighted by Crippen LogP contribution is -2.19. The predicted octanol–water partition coefficient (Wildman–Crippen LogP) is 5.25. The first-order chi connectivity index (χ1) is 9.08. The van der Waals surface area contributed by atoms with Crippen molar-refractivity contribution < 1.29 is 9.47 Å². The Morgan fingerprint density at radius 2 is 2.16 bits per heavy atom. The molecule has 3 atom stereocenters. The fourth-order valence-corrected chi connectivity index (χ4v) is 4.20. The van der Waals surface area contributed by atoms with Crippen molar-refractivity contribution in [2.45, 2.75) is 30.7 Å².